The Morgan fingerprint density at radius 3 is 1.85 bits per heavy atom. The van der Waals surface area contributed by atoms with E-state index in [1.54, 1.807) is 13.8 Å². The number of esters is 1. The van der Waals surface area contributed by atoms with Gasteiger partial charge in [0.05, 0.1) is 21.1 Å². The zero-order valence-corrected chi connectivity index (χ0v) is 12.8. The number of carboxylic acids is 2. The molecule has 0 rings (SSSR count). The number of rotatable bonds is 7. The number of nitrogens with zero attached hydrogens (tertiary/aromatic N) is 1. The number of carbonyl (C=O) groups excluding carboxylic acids is 2. The van der Waals surface area contributed by atoms with Crippen molar-refractivity contribution in [2.45, 2.75) is 39.2 Å². The quantitative estimate of drug-likeness (QED) is 0.507. The lowest BCUT2D eigenvalue weighted by molar-refractivity contribution is -0.873. The first-order valence-corrected chi connectivity index (χ1v) is 6.43. The fourth-order valence-corrected chi connectivity index (χ4v) is 1.21. The van der Waals surface area contributed by atoms with Crippen LogP contribution in [0.2, 0.25) is 0 Å². The van der Waals surface area contributed by atoms with E-state index < -0.39 is 18.0 Å². The third-order valence-electron chi connectivity index (χ3n) is 2.03. The van der Waals surface area contributed by atoms with Gasteiger partial charge in [-0.1, -0.05) is 13.8 Å². The summed E-state index contributed by atoms with van der Waals surface area (Å²) in [6, 6.07) is 0. The van der Waals surface area contributed by atoms with Crippen LogP contribution in [-0.2, 0) is 19.1 Å². The van der Waals surface area contributed by atoms with Gasteiger partial charge in [0.1, 0.15) is 6.54 Å². The summed E-state index contributed by atoms with van der Waals surface area (Å²) in [4.78, 5) is 30.9. The number of carboxylic acid groups (broad SMARTS) is 2. The van der Waals surface area contributed by atoms with Crippen molar-refractivity contribution in [1.29, 1.82) is 0 Å². The zero-order valence-electron chi connectivity index (χ0n) is 12.8. The minimum absolute atomic E-state index is 0.222. The Balaban J connectivity index is 0. The summed E-state index contributed by atoms with van der Waals surface area (Å²) in [7, 11) is 5.71. The molecule has 0 heterocycles. The molecule has 0 saturated heterocycles. The first kappa shape index (κ1) is 20.7. The van der Waals surface area contributed by atoms with Crippen molar-refractivity contribution in [2.24, 2.45) is 0 Å². The topological polar surface area (TPSA) is 104 Å². The van der Waals surface area contributed by atoms with E-state index in [1.165, 1.54) is 0 Å². The van der Waals surface area contributed by atoms with E-state index in [1.807, 2.05) is 21.1 Å². The maximum absolute atomic E-state index is 11.0. The molecule has 0 spiro atoms. The second kappa shape index (κ2) is 10.2. The van der Waals surface area contributed by atoms with Crippen LogP contribution in [0.1, 0.15) is 33.1 Å². The molecule has 0 aliphatic carbocycles. The fourth-order valence-electron chi connectivity index (χ4n) is 1.21. The molecular weight excluding hydrogens is 266 g/mol. The molecule has 0 aromatic heterocycles. The van der Waals surface area contributed by atoms with Gasteiger partial charge >= 0.3 is 11.9 Å². The lowest BCUT2D eigenvalue weighted by atomic mass is 10.2. The van der Waals surface area contributed by atoms with Gasteiger partial charge in [0.15, 0.2) is 6.10 Å². The zero-order chi connectivity index (χ0) is 16.3. The lowest BCUT2D eigenvalue weighted by Crippen LogP contribution is -2.45. The Hall–Kier alpha value is -1.63. The van der Waals surface area contributed by atoms with E-state index >= 15 is 0 Å². The Morgan fingerprint density at radius 1 is 1.15 bits per heavy atom. The smallest absolute Gasteiger partial charge is 0.306 e. The van der Waals surface area contributed by atoms with Crippen LogP contribution in [0.5, 0.6) is 0 Å². The molecule has 0 fully saturated rings. The molecule has 0 aromatic rings. The Kier molecular flexibility index (Phi) is 10.5. The van der Waals surface area contributed by atoms with Crippen LogP contribution in [-0.4, -0.2) is 61.3 Å². The van der Waals surface area contributed by atoms with Gasteiger partial charge in [-0.2, -0.15) is 0 Å². The molecule has 7 heteroatoms. The minimum atomic E-state index is -1.20. The van der Waals surface area contributed by atoms with Gasteiger partial charge in [-0.3, -0.25) is 9.59 Å². The molecule has 1 unspecified atom stereocenters. The molecule has 0 bridgehead atoms. The fraction of sp³-hybridized carbons (Fsp3) is 0.769. The molecule has 20 heavy (non-hydrogen) atoms. The number of carbonyl (C=O) groups is 3. The third kappa shape index (κ3) is 16.4. The summed E-state index contributed by atoms with van der Waals surface area (Å²) in [6.45, 7) is 3.73. The third-order valence-corrected chi connectivity index (χ3v) is 2.03. The van der Waals surface area contributed by atoms with Crippen molar-refractivity contribution < 1.29 is 33.8 Å². The molecule has 0 aromatic carbocycles. The predicted molar refractivity (Wildman–Crippen MR) is 70.6 cm³/mol. The molecule has 0 aliphatic heterocycles. The van der Waals surface area contributed by atoms with E-state index in [2.05, 4.69) is 0 Å². The van der Waals surface area contributed by atoms with Crippen LogP contribution >= 0.6 is 0 Å². The van der Waals surface area contributed by atoms with E-state index in [0.717, 1.165) is 0 Å². The highest BCUT2D eigenvalue weighted by Crippen LogP contribution is 2.05. The maximum Gasteiger partial charge on any atom is 0.306 e. The van der Waals surface area contributed by atoms with Crippen LogP contribution < -0.4 is 5.11 Å². The number of aliphatic carboxylic acids is 2. The van der Waals surface area contributed by atoms with Gasteiger partial charge in [0, 0.05) is 25.2 Å². The van der Waals surface area contributed by atoms with Crippen LogP contribution in [0.3, 0.4) is 0 Å². The summed E-state index contributed by atoms with van der Waals surface area (Å²) in [6.07, 6.45) is -0.385. The highest BCUT2D eigenvalue weighted by Gasteiger charge is 2.21. The summed E-state index contributed by atoms with van der Waals surface area (Å²) < 4.78 is 5.55. The number of ether oxygens (including phenoxy) is 1. The van der Waals surface area contributed by atoms with E-state index in [0.29, 0.717) is 11.0 Å². The van der Waals surface area contributed by atoms with Crippen LogP contribution in [0.15, 0.2) is 0 Å². The van der Waals surface area contributed by atoms with Gasteiger partial charge < -0.3 is 24.2 Å². The largest absolute Gasteiger partial charge is 0.550 e. The molecule has 0 amide bonds. The summed E-state index contributed by atoms with van der Waals surface area (Å²) in [5.41, 5.74) is 0. The molecular formula is C13H25NO6. The van der Waals surface area contributed by atoms with Gasteiger partial charge in [-0.25, -0.2) is 0 Å². The van der Waals surface area contributed by atoms with Gasteiger partial charge in [0.2, 0.25) is 0 Å². The van der Waals surface area contributed by atoms with Crippen molar-refractivity contribution in [3.63, 3.8) is 0 Å². The van der Waals surface area contributed by atoms with Crippen molar-refractivity contribution in [3.8, 4) is 0 Å². The molecule has 0 radical (unpaired) electrons. The van der Waals surface area contributed by atoms with E-state index in [9.17, 15) is 19.5 Å². The lowest BCUT2D eigenvalue weighted by Gasteiger charge is -2.29. The summed E-state index contributed by atoms with van der Waals surface area (Å²) in [5, 5.41) is 18.2. The average Bonchev–Trinajstić information content (AvgIpc) is 2.26. The molecule has 0 aliphatic rings. The van der Waals surface area contributed by atoms with Crippen molar-refractivity contribution >= 4 is 17.9 Å². The van der Waals surface area contributed by atoms with E-state index in [4.69, 9.17) is 9.84 Å². The second-order valence-corrected chi connectivity index (χ2v) is 5.26. The van der Waals surface area contributed by atoms with Gasteiger partial charge in [0.25, 0.3) is 0 Å². The van der Waals surface area contributed by atoms with Crippen LogP contribution in [0.25, 0.3) is 0 Å². The predicted octanol–water partition coefficient (Wildman–Crippen LogP) is -0.365. The normalized spacial score (nSPS) is 11.8. The molecule has 7 nitrogen and oxygen atoms in total. The standard InChI is InChI=1S/C10H19NO4.C3H6O2/c1-5-10(14)15-8(6-9(12)13)7-11(2,3)4;1-2-3(4)5/h8H,5-7H2,1-4H3;2H2,1H3,(H,4,5). The average molecular weight is 291 g/mol. The monoisotopic (exact) mass is 291 g/mol. The van der Waals surface area contributed by atoms with Crippen molar-refractivity contribution in [2.75, 3.05) is 27.7 Å². The van der Waals surface area contributed by atoms with Crippen molar-refractivity contribution in [1.82, 2.24) is 0 Å². The molecule has 118 valence electrons. The Morgan fingerprint density at radius 2 is 1.60 bits per heavy atom. The SMILES string of the molecule is CCC(=O)O.CCC(=O)OC(CC(=O)[O-])C[N+](C)(C)C. The summed E-state index contributed by atoms with van der Waals surface area (Å²) in [5.74, 6) is -2.32. The summed E-state index contributed by atoms with van der Waals surface area (Å²) >= 11 is 0. The first-order valence-electron chi connectivity index (χ1n) is 6.43. The molecule has 1 atom stereocenters. The minimum Gasteiger partial charge on any atom is -0.550 e. The first-order chi connectivity index (χ1) is 9.01. The number of hydrogen-bond donors (Lipinski definition) is 1. The number of hydrogen-bond acceptors (Lipinski definition) is 5. The number of likely N-dealkylation sites (N-methyl/N-ethyl adjacent to an activating group) is 1. The van der Waals surface area contributed by atoms with Crippen LogP contribution in [0, 0.1) is 0 Å². The molecule has 0 saturated carbocycles. The van der Waals surface area contributed by atoms with Crippen molar-refractivity contribution in [3.05, 3.63) is 0 Å². The van der Waals surface area contributed by atoms with Gasteiger partial charge in [-0.15, -0.1) is 0 Å². The van der Waals surface area contributed by atoms with Crippen LogP contribution in [0.4, 0.5) is 0 Å². The Labute approximate surface area is 119 Å². The molecule has 1 N–H and O–H groups in total. The maximum atomic E-state index is 11.0. The highest BCUT2D eigenvalue weighted by molar-refractivity contribution is 5.70. The Bertz CT molecular complexity index is 321. The highest BCUT2D eigenvalue weighted by atomic mass is 16.5. The van der Waals surface area contributed by atoms with E-state index in [-0.39, 0.29) is 25.2 Å². The number of quaternary nitrogens is 1. The second-order valence-electron chi connectivity index (χ2n) is 5.26. The van der Waals surface area contributed by atoms with Gasteiger partial charge in [-0.05, 0) is 0 Å².